The average Bonchev–Trinajstić information content (AvgIpc) is 2.83. The number of rotatable bonds is 4. The van der Waals surface area contributed by atoms with Crippen molar-refractivity contribution in [1.29, 1.82) is 0 Å². The molecule has 2 heterocycles. The second-order valence-electron chi connectivity index (χ2n) is 5.07. The van der Waals surface area contributed by atoms with Crippen LogP contribution in [0.15, 0.2) is 36.7 Å². The van der Waals surface area contributed by atoms with Crippen LogP contribution in [0.4, 0.5) is 0 Å². The molecule has 2 aromatic rings. The summed E-state index contributed by atoms with van der Waals surface area (Å²) in [7, 11) is 0. The first kappa shape index (κ1) is 12.4. The highest BCUT2D eigenvalue weighted by molar-refractivity contribution is 5.18. The molecule has 4 nitrogen and oxygen atoms in total. The van der Waals surface area contributed by atoms with Gasteiger partial charge in [-0.05, 0) is 12.1 Å². The second kappa shape index (κ2) is 5.55. The first-order chi connectivity index (χ1) is 9.36. The summed E-state index contributed by atoms with van der Waals surface area (Å²) in [6.07, 6.45) is 2.84. The smallest absolute Gasteiger partial charge is 0.0952 e. The van der Waals surface area contributed by atoms with Gasteiger partial charge in [-0.2, -0.15) is 0 Å². The predicted octanol–water partition coefficient (Wildman–Crippen LogP) is 1.40. The molecule has 1 aromatic carbocycles. The monoisotopic (exact) mass is 256 g/mol. The quantitative estimate of drug-likeness (QED) is 0.899. The molecule has 1 aliphatic heterocycles. The molecule has 2 N–H and O–H groups in total. The molecule has 0 atom stereocenters. The molecule has 0 saturated carbocycles. The fourth-order valence-corrected chi connectivity index (χ4v) is 2.69. The van der Waals surface area contributed by atoms with Crippen LogP contribution in [-0.4, -0.2) is 27.5 Å². The highest BCUT2D eigenvalue weighted by atomic mass is 15.2. The van der Waals surface area contributed by atoms with Crippen molar-refractivity contribution in [3.05, 3.63) is 53.6 Å². The van der Waals surface area contributed by atoms with E-state index in [1.54, 1.807) is 0 Å². The first-order valence-corrected chi connectivity index (χ1v) is 6.86. The highest BCUT2D eigenvalue weighted by Crippen LogP contribution is 2.18. The molecule has 1 aliphatic rings. The van der Waals surface area contributed by atoms with Crippen LogP contribution in [0.3, 0.4) is 0 Å². The molecule has 0 spiro atoms. The van der Waals surface area contributed by atoms with Gasteiger partial charge < -0.3 is 10.3 Å². The fourth-order valence-electron chi connectivity index (χ4n) is 2.69. The number of nitrogens with zero attached hydrogens (tertiary/aromatic N) is 3. The number of aromatic nitrogens is 2. The Bertz CT molecular complexity index is 532. The van der Waals surface area contributed by atoms with Crippen molar-refractivity contribution in [2.24, 2.45) is 5.73 Å². The molecule has 100 valence electrons. The number of hydrogen-bond acceptors (Lipinski definition) is 3. The van der Waals surface area contributed by atoms with E-state index in [1.165, 1.54) is 17.0 Å². The fraction of sp³-hybridized carbons (Fsp3) is 0.400. The maximum Gasteiger partial charge on any atom is 0.0952 e. The van der Waals surface area contributed by atoms with Crippen molar-refractivity contribution in [3.63, 3.8) is 0 Å². The Morgan fingerprint density at radius 1 is 1.16 bits per heavy atom. The molecular formula is C15H20N4. The number of fused-ring (bicyclic) bond motifs is 1. The van der Waals surface area contributed by atoms with Crippen molar-refractivity contribution in [1.82, 2.24) is 14.5 Å². The van der Waals surface area contributed by atoms with Crippen LogP contribution in [0.25, 0.3) is 0 Å². The van der Waals surface area contributed by atoms with E-state index in [1.807, 2.05) is 6.33 Å². The molecule has 1 aromatic heterocycles. The van der Waals surface area contributed by atoms with Gasteiger partial charge in [0.15, 0.2) is 0 Å². The maximum atomic E-state index is 5.65. The van der Waals surface area contributed by atoms with Crippen molar-refractivity contribution >= 4 is 0 Å². The summed E-state index contributed by atoms with van der Waals surface area (Å²) in [5.41, 5.74) is 9.53. The number of hydrogen-bond donors (Lipinski definition) is 1. The van der Waals surface area contributed by atoms with Crippen LogP contribution in [0.5, 0.6) is 0 Å². The van der Waals surface area contributed by atoms with Crippen molar-refractivity contribution < 1.29 is 0 Å². The van der Waals surface area contributed by atoms with Gasteiger partial charge in [0.2, 0.25) is 0 Å². The average molecular weight is 256 g/mol. The summed E-state index contributed by atoms with van der Waals surface area (Å²) >= 11 is 0. The molecule has 0 bridgehead atoms. The minimum Gasteiger partial charge on any atom is -0.332 e. The van der Waals surface area contributed by atoms with E-state index in [4.69, 9.17) is 5.73 Å². The van der Waals surface area contributed by atoms with Crippen LogP contribution in [0.1, 0.15) is 17.0 Å². The lowest BCUT2D eigenvalue weighted by atomic mass is 10.1. The van der Waals surface area contributed by atoms with E-state index < -0.39 is 0 Å². The minimum atomic E-state index is 0.669. The molecule has 0 amide bonds. The van der Waals surface area contributed by atoms with Gasteiger partial charge in [-0.15, -0.1) is 0 Å². The number of imidazole rings is 1. The lowest BCUT2D eigenvalue weighted by molar-refractivity contribution is 0.212. The Balaban J connectivity index is 1.72. The highest BCUT2D eigenvalue weighted by Gasteiger charge is 2.19. The summed E-state index contributed by atoms with van der Waals surface area (Å²) in [5, 5.41) is 0. The molecule has 19 heavy (non-hydrogen) atoms. The van der Waals surface area contributed by atoms with Crippen molar-refractivity contribution in [3.8, 4) is 0 Å². The zero-order chi connectivity index (χ0) is 13.1. The zero-order valence-electron chi connectivity index (χ0n) is 11.1. The Morgan fingerprint density at radius 2 is 2.00 bits per heavy atom. The van der Waals surface area contributed by atoms with Gasteiger partial charge in [-0.1, -0.05) is 30.3 Å². The zero-order valence-corrected chi connectivity index (χ0v) is 11.1. The van der Waals surface area contributed by atoms with Crippen LogP contribution < -0.4 is 5.73 Å². The summed E-state index contributed by atoms with van der Waals surface area (Å²) in [5.74, 6) is 0. The van der Waals surface area contributed by atoms with Gasteiger partial charge in [-0.3, -0.25) is 4.90 Å². The van der Waals surface area contributed by atoms with E-state index in [2.05, 4.69) is 44.8 Å². The van der Waals surface area contributed by atoms with Crippen molar-refractivity contribution in [2.45, 2.75) is 26.1 Å². The third-order valence-corrected chi connectivity index (χ3v) is 3.69. The number of nitrogens with two attached hydrogens (primary N) is 1. The van der Waals surface area contributed by atoms with E-state index in [9.17, 15) is 0 Å². The van der Waals surface area contributed by atoms with Crippen LogP contribution in [0.2, 0.25) is 0 Å². The Hall–Kier alpha value is -1.65. The summed E-state index contributed by atoms with van der Waals surface area (Å²) in [6.45, 7) is 4.76. The molecule has 4 heteroatoms. The Kier molecular flexibility index (Phi) is 3.62. The minimum absolute atomic E-state index is 0.669. The van der Waals surface area contributed by atoms with E-state index in [0.717, 1.165) is 32.6 Å². The van der Waals surface area contributed by atoms with Gasteiger partial charge in [-0.25, -0.2) is 4.98 Å². The van der Waals surface area contributed by atoms with Gasteiger partial charge in [0, 0.05) is 32.6 Å². The second-order valence-corrected chi connectivity index (χ2v) is 5.07. The van der Waals surface area contributed by atoms with E-state index >= 15 is 0 Å². The first-order valence-electron chi connectivity index (χ1n) is 6.86. The van der Waals surface area contributed by atoms with Crippen LogP contribution in [0, 0.1) is 0 Å². The Morgan fingerprint density at radius 3 is 2.79 bits per heavy atom. The summed E-state index contributed by atoms with van der Waals surface area (Å²) < 4.78 is 2.27. The summed E-state index contributed by atoms with van der Waals surface area (Å²) in [4.78, 5) is 6.96. The molecule has 0 unspecified atom stereocenters. The topological polar surface area (TPSA) is 47.1 Å². The SMILES string of the molecule is NCCc1ncn2c1CN(Cc1ccccc1)CC2. The van der Waals surface area contributed by atoms with Gasteiger partial charge in [0.05, 0.1) is 17.7 Å². The van der Waals surface area contributed by atoms with Gasteiger partial charge in [0.25, 0.3) is 0 Å². The summed E-state index contributed by atoms with van der Waals surface area (Å²) in [6, 6.07) is 10.6. The van der Waals surface area contributed by atoms with E-state index in [-0.39, 0.29) is 0 Å². The maximum absolute atomic E-state index is 5.65. The molecule has 0 fully saturated rings. The van der Waals surface area contributed by atoms with Gasteiger partial charge >= 0.3 is 0 Å². The molecule has 0 radical (unpaired) electrons. The molecular weight excluding hydrogens is 236 g/mol. The predicted molar refractivity (Wildman–Crippen MR) is 75.5 cm³/mol. The van der Waals surface area contributed by atoms with Gasteiger partial charge in [0.1, 0.15) is 0 Å². The van der Waals surface area contributed by atoms with E-state index in [0.29, 0.717) is 6.54 Å². The molecule has 0 aliphatic carbocycles. The van der Waals surface area contributed by atoms with Crippen molar-refractivity contribution in [2.75, 3.05) is 13.1 Å². The lowest BCUT2D eigenvalue weighted by Crippen LogP contribution is -2.33. The molecule has 3 rings (SSSR count). The largest absolute Gasteiger partial charge is 0.332 e. The number of benzene rings is 1. The third kappa shape index (κ3) is 2.69. The third-order valence-electron chi connectivity index (χ3n) is 3.69. The van der Waals surface area contributed by atoms with Crippen LogP contribution >= 0.6 is 0 Å². The standard InChI is InChI=1S/C15H20N4/c16-7-6-14-15-11-18(8-9-19(15)12-17-14)10-13-4-2-1-3-5-13/h1-5,12H,6-11,16H2. The van der Waals surface area contributed by atoms with Crippen LogP contribution in [-0.2, 0) is 26.1 Å². The Labute approximate surface area is 113 Å². The normalized spacial score (nSPS) is 15.4. The molecule has 0 saturated heterocycles. The lowest BCUT2D eigenvalue weighted by Gasteiger charge is -2.28.